The third-order valence-corrected chi connectivity index (χ3v) is 5.05. The molecule has 3 heterocycles. The molecule has 0 spiro atoms. The van der Waals surface area contributed by atoms with E-state index in [0.29, 0.717) is 21.1 Å². The fourth-order valence-electron chi connectivity index (χ4n) is 2.53. The van der Waals surface area contributed by atoms with Crippen molar-refractivity contribution >= 4 is 44.1 Å². The van der Waals surface area contributed by atoms with Gasteiger partial charge in [-0.25, -0.2) is 27.6 Å². The van der Waals surface area contributed by atoms with Gasteiger partial charge in [0.2, 0.25) is 5.91 Å². The number of carbonyl (C=O) groups is 1. The number of benzene rings is 1. The average molecular weight is 405 g/mol. The first-order chi connectivity index (χ1) is 13.3. The number of nitrogens with one attached hydrogen (secondary N) is 1. The van der Waals surface area contributed by atoms with Gasteiger partial charge in [-0.15, -0.1) is 5.10 Å². The molecule has 0 aliphatic carbocycles. The van der Waals surface area contributed by atoms with E-state index in [1.54, 1.807) is 0 Å². The van der Waals surface area contributed by atoms with Crippen molar-refractivity contribution < 1.29 is 13.6 Å². The maximum atomic E-state index is 13.3. The second kappa shape index (κ2) is 6.64. The monoisotopic (exact) mass is 405 g/mol. The fourth-order valence-corrected chi connectivity index (χ4v) is 3.45. The summed E-state index contributed by atoms with van der Waals surface area (Å²) in [4.78, 5) is 35.0. The van der Waals surface area contributed by atoms with Crippen molar-refractivity contribution in [3.05, 3.63) is 46.6 Å². The predicted octanol–water partition coefficient (Wildman–Crippen LogP) is 1.48. The Morgan fingerprint density at radius 1 is 1.29 bits per heavy atom. The zero-order valence-corrected chi connectivity index (χ0v) is 15.5. The van der Waals surface area contributed by atoms with E-state index in [-0.39, 0.29) is 5.69 Å². The molecule has 0 unspecified atom stereocenters. The number of halogens is 2. The molecule has 0 radical (unpaired) electrons. The van der Waals surface area contributed by atoms with Crippen molar-refractivity contribution in [1.29, 1.82) is 0 Å². The lowest BCUT2D eigenvalue weighted by Crippen LogP contribution is -2.28. The van der Waals surface area contributed by atoms with Crippen LogP contribution in [0.4, 0.5) is 19.6 Å². The maximum absolute atomic E-state index is 13.3. The first-order valence-corrected chi connectivity index (χ1v) is 8.82. The third-order valence-electron chi connectivity index (χ3n) is 3.85. The zero-order valence-electron chi connectivity index (χ0n) is 14.7. The molecule has 3 aromatic heterocycles. The third kappa shape index (κ3) is 3.07. The van der Waals surface area contributed by atoms with Crippen LogP contribution in [0.5, 0.6) is 0 Å². The molecule has 1 N–H and O–H groups in total. The Kier molecular flexibility index (Phi) is 4.26. The largest absolute Gasteiger partial charge is 0.354 e. The van der Waals surface area contributed by atoms with E-state index < -0.39 is 29.8 Å². The van der Waals surface area contributed by atoms with E-state index in [2.05, 4.69) is 20.4 Å². The van der Waals surface area contributed by atoms with Crippen LogP contribution in [0.2, 0.25) is 0 Å². The minimum absolute atomic E-state index is 0.0721. The van der Waals surface area contributed by atoms with Crippen molar-refractivity contribution in [2.75, 3.05) is 24.3 Å². The summed E-state index contributed by atoms with van der Waals surface area (Å²) in [6, 6.07) is 2.97. The second-order valence-electron chi connectivity index (χ2n) is 6.10. The maximum Gasteiger partial charge on any atom is 0.352 e. The van der Waals surface area contributed by atoms with Crippen LogP contribution in [0.15, 0.2) is 29.3 Å². The van der Waals surface area contributed by atoms with Gasteiger partial charge in [-0.05, 0) is 12.1 Å². The molecule has 1 amide bonds. The van der Waals surface area contributed by atoms with Gasteiger partial charge in [0.1, 0.15) is 17.6 Å². The van der Waals surface area contributed by atoms with Crippen molar-refractivity contribution in [1.82, 2.24) is 24.1 Å². The standard InChI is InChI=1S/C16H13F2N7O2S/c1-23(2)15-21-13-12(28-15)14-22-25(16(27)24(14)7-19-13)6-11(26)20-8-3-4-9(17)10(18)5-8/h3-5,7H,6H2,1-2H3,(H,20,26). The number of amides is 1. The normalized spacial score (nSPS) is 11.3. The molecule has 0 saturated carbocycles. The number of rotatable bonds is 4. The molecule has 0 aliphatic rings. The number of thiazole rings is 1. The minimum Gasteiger partial charge on any atom is -0.354 e. The Labute approximate surface area is 159 Å². The van der Waals surface area contributed by atoms with Crippen molar-refractivity contribution in [3.63, 3.8) is 0 Å². The van der Waals surface area contributed by atoms with Gasteiger partial charge in [0.05, 0.1) is 0 Å². The van der Waals surface area contributed by atoms with Crippen LogP contribution < -0.4 is 15.9 Å². The molecule has 1 aromatic carbocycles. The van der Waals surface area contributed by atoms with E-state index in [4.69, 9.17) is 0 Å². The van der Waals surface area contributed by atoms with Crippen LogP contribution in [0, 0.1) is 11.6 Å². The van der Waals surface area contributed by atoms with E-state index >= 15 is 0 Å². The fraction of sp³-hybridized carbons (Fsp3) is 0.188. The van der Waals surface area contributed by atoms with Crippen molar-refractivity contribution in [2.45, 2.75) is 6.54 Å². The number of hydrogen-bond donors (Lipinski definition) is 1. The molecule has 0 fully saturated rings. The van der Waals surface area contributed by atoms with Crippen LogP contribution in [-0.2, 0) is 11.3 Å². The van der Waals surface area contributed by atoms with Crippen LogP contribution in [0.1, 0.15) is 0 Å². The van der Waals surface area contributed by atoms with Gasteiger partial charge >= 0.3 is 5.69 Å². The van der Waals surface area contributed by atoms with Gasteiger partial charge in [0, 0.05) is 25.8 Å². The Balaban J connectivity index is 1.65. The zero-order chi connectivity index (χ0) is 20.0. The lowest BCUT2D eigenvalue weighted by Gasteiger charge is -2.05. The quantitative estimate of drug-likeness (QED) is 0.553. The number of hydrogen-bond acceptors (Lipinski definition) is 7. The number of fused-ring (bicyclic) bond motifs is 3. The number of aromatic nitrogens is 5. The SMILES string of the molecule is CN(C)c1nc2ncn3c(=O)n(CC(=O)Nc4ccc(F)c(F)c4)nc3c2s1. The summed E-state index contributed by atoms with van der Waals surface area (Å²) in [7, 11) is 3.67. The van der Waals surface area contributed by atoms with Crippen LogP contribution >= 0.6 is 11.3 Å². The molecule has 0 bridgehead atoms. The molecule has 0 saturated heterocycles. The van der Waals surface area contributed by atoms with Gasteiger partial charge in [-0.1, -0.05) is 11.3 Å². The van der Waals surface area contributed by atoms with Crippen molar-refractivity contribution in [2.24, 2.45) is 0 Å². The van der Waals surface area contributed by atoms with Crippen LogP contribution in [0.3, 0.4) is 0 Å². The highest BCUT2D eigenvalue weighted by atomic mass is 32.1. The summed E-state index contributed by atoms with van der Waals surface area (Å²) in [5, 5.41) is 7.31. The summed E-state index contributed by atoms with van der Waals surface area (Å²) in [6.07, 6.45) is 1.30. The topological polar surface area (TPSA) is 97.4 Å². The van der Waals surface area contributed by atoms with Gasteiger partial charge in [0.25, 0.3) is 0 Å². The summed E-state index contributed by atoms with van der Waals surface area (Å²) >= 11 is 1.32. The molecule has 0 aliphatic heterocycles. The molecular weight excluding hydrogens is 392 g/mol. The lowest BCUT2D eigenvalue weighted by molar-refractivity contribution is -0.117. The lowest BCUT2D eigenvalue weighted by atomic mass is 10.3. The number of nitrogens with zero attached hydrogens (tertiary/aromatic N) is 6. The Morgan fingerprint density at radius 3 is 2.79 bits per heavy atom. The first-order valence-electron chi connectivity index (χ1n) is 8.00. The molecular formula is C16H13F2N7O2S. The average Bonchev–Trinajstić information content (AvgIpc) is 3.20. The molecule has 28 heavy (non-hydrogen) atoms. The van der Waals surface area contributed by atoms with Crippen molar-refractivity contribution in [3.8, 4) is 0 Å². The molecule has 12 heteroatoms. The van der Waals surface area contributed by atoms with Gasteiger partial charge < -0.3 is 10.2 Å². The molecule has 144 valence electrons. The highest BCUT2D eigenvalue weighted by Crippen LogP contribution is 2.28. The summed E-state index contributed by atoms with van der Waals surface area (Å²) in [5.41, 5.74) is 0.304. The predicted molar refractivity (Wildman–Crippen MR) is 99.7 cm³/mol. The van der Waals surface area contributed by atoms with E-state index in [9.17, 15) is 18.4 Å². The smallest absolute Gasteiger partial charge is 0.352 e. The minimum atomic E-state index is -1.09. The molecule has 4 rings (SSSR count). The van der Waals surface area contributed by atoms with Crippen LogP contribution in [0.25, 0.3) is 16.0 Å². The van der Waals surface area contributed by atoms with Gasteiger partial charge in [-0.2, -0.15) is 4.98 Å². The molecule has 0 atom stereocenters. The summed E-state index contributed by atoms with van der Waals surface area (Å²) in [5.74, 6) is -2.72. The Bertz CT molecular complexity index is 1280. The summed E-state index contributed by atoms with van der Waals surface area (Å²) in [6.45, 7) is -0.402. The van der Waals surface area contributed by atoms with E-state index in [0.717, 1.165) is 16.8 Å². The van der Waals surface area contributed by atoms with E-state index in [1.165, 1.54) is 28.1 Å². The first kappa shape index (κ1) is 18.0. The Hall–Kier alpha value is -3.41. The molecule has 9 nitrogen and oxygen atoms in total. The number of anilines is 2. The summed E-state index contributed by atoms with van der Waals surface area (Å²) < 4.78 is 29.0. The van der Waals surface area contributed by atoms with E-state index in [1.807, 2.05) is 19.0 Å². The highest BCUT2D eigenvalue weighted by molar-refractivity contribution is 7.22. The van der Waals surface area contributed by atoms with Crippen LogP contribution in [-0.4, -0.2) is 44.2 Å². The highest BCUT2D eigenvalue weighted by Gasteiger charge is 2.17. The Morgan fingerprint density at radius 2 is 2.07 bits per heavy atom. The number of carbonyl (C=O) groups excluding carboxylic acids is 1. The van der Waals surface area contributed by atoms with Gasteiger partial charge in [0.15, 0.2) is 28.1 Å². The molecule has 4 aromatic rings. The van der Waals surface area contributed by atoms with Gasteiger partial charge in [-0.3, -0.25) is 4.79 Å². The second-order valence-corrected chi connectivity index (χ2v) is 7.08.